The lowest BCUT2D eigenvalue weighted by Crippen LogP contribution is -1.97. The molecule has 2 rings (SSSR count). The Morgan fingerprint density at radius 1 is 1.18 bits per heavy atom. The molecule has 1 N–H and O–H groups in total. The maximum atomic E-state index is 10.3. The van der Waals surface area contributed by atoms with E-state index in [-0.39, 0.29) is 0 Å². The zero-order valence-electron chi connectivity index (χ0n) is 9.50. The fraction of sp³-hybridized carbons (Fsp3) is 0.231. The van der Waals surface area contributed by atoms with Gasteiger partial charge in [0, 0.05) is 25.4 Å². The van der Waals surface area contributed by atoms with Gasteiger partial charge in [-0.2, -0.15) is 0 Å². The zero-order valence-corrected chi connectivity index (χ0v) is 11.8. The third-order valence-electron chi connectivity index (χ3n) is 2.71. The van der Waals surface area contributed by atoms with E-state index in [1.165, 1.54) is 10.4 Å². The Kier molecular flexibility index (Phi) is 3.79. The minimum absolute atomic E-state index is 0.494. The summed E-state index contributed by atoms with van der Waals surface area (Å²) >= 11 is 13.5. The van der Waals surface area contributed by atoms with E-state index in [0.717, 1.165) is 4.88 Å². The first kappa shape index (κ1) is 12.9. The highest BCUT2D eigenvalue weighted by Gasteiger charge is 2.16. The van der Waals surface area contributed by atoms with Crippen molar-refractivity contribution in [1.29, 1.82) is 0 Å². The van der Waals surface area contributed by atoms with Crippen molar-refractivity contribution in [2.75, 3.05) is 0 Å². The highest BCUT2D eigenvalue weighted by Crippen LogP contribution is 2.34. The maximum Gasteiger partial charge on any atom is 0.115 e. The maximum absolute atomic E-state index is 10.3. The third kappa shape index (κ3) is 2.66. The van der Waals surface area contributed by atoms with Gasteiger partial charge in [-0.15, -0.1) is 11.3 Å². The normalized spacial score (nSPS) is 12.8. The molecule has 0 saturated heterocycles. The Morgan fingerprint density at radius 2 is 1.88 bits per heavy atom. The first-order valence-electron chi connectivity index (χ1n) is 5.19. The molecule has 0 saturated carbocycles. The van der Waals surface area contributed by atoms with E-state index in [2.05, 4.69) is 0 Å². The Balaban J connectivity index is 2.39. The van der Waals surface area contributed by atoms with Crippen LogP contribution in [0.4, 0.5) is 0 Å². The van der Waals surface area contributed by atoms with Gasteiger partial charge < -0.3 is 5.11 Å². The highest BCUT2D eigenvalue weighted by atomic mass is 35.5. The molecule has 1 atom stereocenters. The quantitative estimate of drug-likeness (QED) is 0.844. The summed E-state index contributed by atoms with van der Waals surface area (Å²) in [6.07, 6.45) is -0.683. The van der Waals surface area contributed by atoms with E-state index in [1.807, 2.05) is 19.9 Å². The van der Waals surface area contributed by atoms with E-state index in [0.29, 0.717) is 15.6 Å². The molecule has 1 nitrogen and oxygen atoms in total. The highest BCUT2D eigenvalue weighted by molar-refractivity contribution is 7.12. The monoisotopic (exact) mass is 286 g/mol. The number of thiophene rings is 1. The number of aliphatic hydroxyl groups is 1. The fourth-order valence-electron chi connectivity index (χ4n) is 1.61. The molecule has 4 heteroatoms. The summed E-state index contributed by atoms with van der Waals surface area (Å²) in [5.74, 6) is 0. The van der Waals surface area contributed by atoms with Gasteiger partial charge in [0.1, 0.15) is 6.10 Å². The van der Waals surface area contributed by atoms with Crippen LogP contribution in [0, 0.1) is 13.8 Å². The van der Waals surface area contributed by atoms with Crippen LogP contribution in [0.2, 0.25) is 10.0 Å². The van der Waals surface area contributed by atoms with Gasteiger partial charge >= 0.3 is 0 Å². The van der Waals surface area contributed by atoms with Gasteiger partial charge in [0.25, 0.3) is 0 Å². The molecule has 1 unspecified atom stereocenters. The summed E-state index contributed by atoms with van der Waals surface area (Å²) in [5, 5.41) is 11.4. The molecule has 0 aliphatic heterocycles. The van der Waals surface area contributed by atoms with Gasteiger partial charge in [0.2, 0.25) is 0 Å². The molecule has 1 heterocycles. The lowest BCUT2D eigenvalue weighted by molar-refractivity contribution is 0.224. The van der Waals surface area contributed by atoms with Crippen molar-refractivity contribution >= 4 is 34.5 Å². The molecule has 90 valence electrons. The van der Waals surface area contributed by atoms with Gasteiger partial charge in [0.05, 0.1) is 0 Å². The van der Waals surface area contributed by atoms with E-state index in [9.17, 15) is 5.11 Å². The number of aryl methyl sites for hydroxylation is 2. The van der Waals surface area contributed by atoms with E-state index in [4.69, 9.17) is 23.2 Å². The second kappa shape index (κ2) is 4.99. The summed E-state index contributed by atoms with van der Waals surface area (Å²) < 4.78 is 0. The molecule has 0 spiro atoms. The van der Waals surface area contributed by atoms with E-state index >= 15 is 0 Å². The van der Waals surface area contributed by atoms with Crippen LogP contribution in [0.5, 0.6) is 0 Å². The number of rotatable bonds is 2. The summed E-state index contributed by atoms with van der Waals surface area (Å²) in [5.41, 5.74) is 1.88. The van der Waals surface area contributed by atoms with Crippen LogP contribution < -0.4 is 0 Å². The number of halogens is 2. The second-order valence-electron chi connectivity index (χ2n) is 3.96. The average molecular weight is 287 g/mol. The van der Waals surface area contributed by atoms with Crippen molar-refractivity contribution in [3.05, 3.63) is 55.2 Å². The van der Waals surface area contributed by atoms with Crippen molar-refractivity contribution in [3.8, 4) is 0 Å². The van der Waals surface area contributed by atoms with Crippen LogP contribution in [0.3, 0.4) is 0 Å². The summed E-state index contributed by atoms with van der Waals surface area (Å²) in [7, 11) is 0. The van der Waals surface area contributed by atoms with Crippen LogP contribution in [0.25, 0.3) is 0 Å². The third-order valence-corrected chi connectivity index (χ3v) is 4.48. The van der Waals surface area contributed by atoms with Gasteiger partial charge in [-0.25, -0.2) is 0 Å². The smallest absolute Gasteiger partial charge is 0.115 e. The number of aliphatic hydroxyl groups excluding tert-OH is 1. The molecule has 0 aliphatic carbocycles. The van der Waals surface area contributed by atoms with Crippen LogP contribution in [-0.2, 0) is 0 Å². The molecule has 0 radical (unpaired) electrons. The van der Waals surface area contributed by atoms with Gasteiger partial charge in [-0.3, -0.25) is 0 Å². The summed E-state index contributed by atoms with van der Waals surface area (Å²) in [4.78, 5) is 2.12. The lowest BCUT2D eigenvalue weighted by Gasteiger charge is -2.11. The van der Waals surface area contributed by atoms with Crippen molar-refractivity contribution < 1.29 is 5.11 Å². The van der Waals surface area contributed by atoms with Gasteiger partial charge in [-0.05, 0) is 37.6 Å². The molecule has 1 aromatic heterocycles. The predicted octanol–water partition coefficient (Wildman–Crippen LogP) is 4.75. The van der Waals surface area contributed by atoms with Crippen molar-refractivity contribution in [3.63, 3.8) is 0 Å². The Morgan fingerprint density at radius 3 is 2.41 bits per heavy atom. The van der Waals surface area contributed by atoms with E-state index in [1.54, 1.807) is 29.5 Å². The zero-order chi connectivity index (χ0) is 12.6. The summed E-state index contributed by atoms with van der Waals surface area (Å²) in [6, 6.07) is 7.14. The molecule has 0 bridgehead atoms. The standard InChI is InChI=1S/C13H12Cl2OS/c1-7-5-12(17-8(7)2)13(16)10-4-3-9(14)6-11(10)15/h3-6,13,16H,1-2H3. The molecule has 0 fully saturated rings. The minimum atomic E-state index is -0.683. The molecule has 1 aromatic carbocycles. The molecular weight excluding hydrogens is 275 g/mol. The fourth-order valence-corrected chi connectivity index (χ4v) is 3.17. The first-order valence-corrected chi connectivity index (χ1v) is 6.76. The first-order chi connectivity index (χ1) is 7.99. The van der Waals surface area contributed by atoms with Crippen LogP contribution in [0.15, 0.2) is 24.3 Å². The van der Waals surface area contributed by atoms with Crippen LogP contribution >= 0.6 is 34.5 Å². The topological polar surface area (TPSA) is 20.2 Å². The van der Waals surface area contributed by atoms with Crippen molar-refractivity contribution in [2.24, 2.45) is 0 Å². The van der Waals surface area contributed by atoms with Gasteiger partial charge in [0.15, 0.2) is 0 Å². The van der Waals surface area contributed by atoms with Crippen molar-refractivity contribution in [2.45, 2.75) is 20.0 Å². The molecular formula is C13H12Cl2OS. The predicted molar refractivity (Wildman–Crippen MR) is 74.3 cm³/mol. The summed E-state index contributed by atoms with van der Waals surface area (Å²) in [6.45, 7) is 4.07. The molecule has 17 heavy (non-hydrogen) atoms. The van der Waals surface area contributed by atoms with Crippen molar-refractivity contribution in [1.82, 2.24) is 0 Å². The molecule has 2 aromatic rings. The van der Waals surface area contributed by atoms with Crippen LogP contribution in [-0.4, -0.2) is 5.11 Å². The van der Waals surface area contributed by atoms with Gasteiger partial charge in [-0.1, -0.05) is 29.3 Å². The Labute approximate surface area is 115 Å². The number of hydrogen-bond donors (Lipinski definition) is 1. The lowest BCUT2D eigenvalue weighted by atomic mass is 10.1. The Hall–Kier alpha value is -0.540. The van der Waals surface area contributed by atoms with Crippen LogP contribution in [0.1, 0.15) is 27.0 Å². The Bertz CT molecular complexity index is 529. The SMILES string of the molecule is Cc1cc(C(O)c2ccc(Cl)cc2Cl)sc1C. The number of benzene rings is 1. The number of hydrogen-bond acceptors (Lipinski definition) is 2. The second-order valence-corrected chi connectivity index (χ2v) is 6.09. The molecule has 0 aliphatic rings. The average Bonchev–Trinajstić information content (AvgIpc) is 2.58. The largest absolute Gasteiger partial charge is 0.383 e. The minimum Gasteiger partial charge on any atom is -0.383 e. The molecule has 0 amide bonds. The van der Waals surface area contributed by atoms with E-state index < -0.39 is 6.10 Å².